The molecule has 0 heterocycles. The van der Waals surface area contributed by atoms with Crippen molar-refractivity contribution in [2.75, 3.05) is 7.11 Å². The molecule has 1 saturated carbocycles. The first kappa shape index (κ1) is 13.6. The van der Waals surface area contributed by atoms with E-state index in [0.29, 0.717) is 0 Å². The Labute approximate surface area is 111 Å². The summed E-state index contributed by atoms with van der Waals surface area (Å²) < 4.78 is 5.66. The predicted molar refractivity (Wildman–Crippen MR) is 75.7 cm³/mol. The van der Waals surface area contributed by atoms with Crippen LogP contribution in [-0.2, 0) is 10.2 Å². The maximum Gasteiger partial charge on any atom is 0.0870 e. The Kier molecular flexibility index (Phi) is 3.52. The first-order valence-electron chi connectivity index (χ1n) is 6.80. The Morgan fingerprint density at radius 1 is 1.17 bits per heavy atom. The Morgan fingerprint density at radius 2 is 1.72 bits per heavy atom. The number of methoxy groups -OCH3 is 1. The van der Waals surface area contributed by atoms with Crippen LogP contribution in [-0.4, -0.2) is 12.7 Å². The molecule has 1 atom stereocenters. The first-order chi connectivity index (χ1) is 8.39. The fraction of sp³-hybridized carbons (Fsp3) is 0.625. The molecule has 1 fully saturated rings. The SMILES string of the molecule is COC1(C(N)c2ccc(C(C)(C)C)cc2)CCC1. The second-order valence-electron chi connectivity index (χ2n) is 6.47. The van der Waals surface area contributed by atoms with E-state index in [1.807, 2.05) is 0 Å². The van der Waals surface area contributed by atoms with Crippen LogP contribution in [0, 0.1) is 0 Å². The van der Waals surface area contributed by atoms with Gasteiger partial charge in [0, 0.05) is 7.11 Å². The van der Waals surface area contributed by atoms with Crippen LogP contribution in [0.3, 0.4) is 0 Å². The first-order valence-corrected chi connectivity index (χ1v) is 6.80. The summed E-state index contributed by atoms with van der Waals surface area (Å²) in [4.78, 5) is 0. The van der Waals surface area contributed by atoms with Crippen LogP contribution in [0.15, 0.2) is 24.3 Å². The van der Waals surface area contributed by atoms with E-state index in [-0.39, 0.29) is 17.1 Å². The minimum Gasteiger partial charge on any atom is -0.376 e. The third-order valence-electron chi connectivity index (χ3n) is 4.31. The van der Waals surface area contributed by atoms with Crippen molar-refractivity contribution in [3.05, 3.63) is 35.4 Å². The third kappa shape index (κ3) is 2.32. The third-order valence-corrected chi connectivity index (χ3v) is 4.31. The zero-order valence-electron chi connectivity index (χ0n) is 12.0. The van der Waals surface area contributed by atoms with Gasteiger partial charge in [0.2, 0.25) is 0 Å². The molecular weight excluding hydrogens is 222 g/mol. The molecule has 1 aromatic carbocycles. The molecule has 0 bridgehead atoms. The van der Waals surface area contributed by atoms with E-state index >= 15 is 0 Å². The van der Waals surface area contributed by atoms with Crippen molar-refractivity contribution in [2.45, 2.75) is 57.1 Å². The second kappa shape index (κ2) is 4.67. The number of hydrogen-bond acceptors (Lipinski definition) is 2. The summed E-state index contributed by atoms with van der Waals surface area (Å²) >= 11 is 0. The fourth-order valence-corrected chi connectivity index (χ4v) is 2.66. The van der Waals surface area contributed by atoms with Crippen LogP contribution in [0.5, 0.6) is 0 Å². The molecule has 0 aliphatic heterocycles. The smallest absolute Gasteiger partial charge is 0.0870 e. The van der Waals surface area contributed by atoms with E-state index in [4.69, 9.17) is 10.5 Å². The molecule has 0 radical (unpaired) electrons. The highest BCUT2D eigenvalue weighted by Crippen LogP contribution is 2.43. The maximum absolute atomic E-state index is 6.38. The standard InChI is InChI=1S/C16H25NO/c1-15(2,3)13-8-6-12(7-9-13)14(17)16(18-4)10-5-11-16/h6-9,14H,5,10-11,17H2,1-4H3. The zero-order chi connectivity index (χ0) is 13.4. The Hall–Kier alpha value is -0.860. The summed E-state index contributed by atoms with van der Waals surface area (Å²) in [5.74, 6) is 0. The quantitative estimate of drug-likeness (QED) is 0.886. The van der Waals surface area contributed by atoms with Crippen molar-refractivity contribution in [2.24, 2.45) is 5.73 Å². The van der Waals surface area contributed by atoms with Gasteiger partial charge in [-0.1, -0.05) is 45.0 Å². The van der Waals surface area contributed by atoms with Crippen molar-refractivity contribution in [3.8, 4) is 0 Å². The molecule has 2 nitrogen and oxygen atoms in total. The van der Waals surface area contributed by atoms with Gasteiger partial charge in [0.25, 0.3) is 0 Å². The molecule has 18 heavy (non-hydrogen) atoms. The van der Waals surface area contributed by atoms with Gasteiger partial charge in [-0.2, -0.15) is 0 Å². The van der Waals surface area contributed by atoms with Gasteiger partial charge in [-0.05, 0) is 35.8 Å². The van der Waals surface area contributed by atoms with Gasteiger partial charge in [0.1, 0.15) is 0 Å². The van der Waals surface area contributed by atoms with Gasteiger partial charge in [-0.25, -0.2) is 0 Å². The molecule has 0 saturated heterocycles. The van der Waals surface area contributed by atoms with E-state index in [0.717, 1.165) is 12.8 Å². The van der Waals surface area contributed by atoms with Crippen molar-refractivity contribution < 1.29 is 4.74 Å². The largest absolute Gasteiger partial charge is 0.376 e. The van der Waals surface area contributed by atoms with Crippen LogP contribution < -0.4 is 5.73 Å². The molecule has 1 unspecified atom stereocenters. The second-order valence-corrected chi connectivity index (χ2v) is 6.47. The Balaban J connectivity index is 2.19. The van der Waals surface area contributed by atoms with Crippen LogP contribution in [0.2, 0.25) is 0 Å². The van der Waals surface area contributed by atoms with Crippen LogP contribution in [0.4, 0.5) is 0 Å². The lowest BCUT2D eigenvalue weighted by molar-refractivity contribution is -0.0911. The highest BCUT2D eigenvalue weighted by Gasteiger charge is 2.43. The van der Waals surface area contributed by atoms with Crippen LogP contribution in [0.25, 0.3) is 0 Å². The van der Waals surface area contributed by atoms with E-state index in [9.17, 15) is 0 Å². The summed E-state index contributed by atoms with van der Waals surface area (Å²) in [5.41, 5.74) is 8.98. The molecule has 100 valence electrons. The van der Waals surface area contributed by atoms with Crippen molar-refractivity contribution in [3.63, 3.8) is 0 Å². The average Bonchev–Trinajstić information content (AvgIpc) is 2.27. The zero-order valence-corrected chi connectivity index (χ0v) is 12.0. The lowest BCUT2D eigenvalue weighted by atomic mass is 9.72. The van der Waals surface area contributed by atoms with Gasteiger partial charge in [0.15, 0.2) is 0 Å². The molecule has 1 aliphatic carbocycles. The Bertz CT molecular complexity index is 393. The molecule has 2 rings (SSSR count). The van der Waals surface area contributed by atoms with Crippen molar-refractivity contribution in [1.29, 1.82) is 0 Å². The monoisotopic (exact) mass is 247 g/mol. The van der Waals surface area contributed by atoms with Gasteiger partial charge in [0.05, 0.1) is 11.6 Å². The Morgan fingerprint density at radius 3 is 2.06 bits per heavy atom. The molecule has 0 spiro atoms. The predicted octanol–water partition coefficient (Wildman–Crippen LogP) is 3.55. The number of nitrogens with two attached hydrogens (primary N) is 1. The molecule has 1 aromatic rings. The van der Waals surface area contributed by atoms with Crippen LogP contribution in [0.1, 0.15) is 57.2 Å². The van der Waals surface area contributed by atoms with E-state index in [2.05, 4.69) is 45.0 Å². The average molecular weight is 247 g/mol. The molecule has 0 amide bonds. The summed E-state index contributed by atoms with van der Waals surface area (Å²) in [6.45, 7) is 6.68. The summed E-state index contributed by atoms with van der Waals surface area (Å²) in [6.07, 6.45) is 3.37. The highest BCUT2D eigenvalue weighted by molar-refractivity contribution is 5.31. The van der Waals surface area contributed by atoms with Gasteiger partial charge < -0.3 is 10.5 Å². The molecular formula is C16H25NO. The van der Waals surface area contributed by atoms with E-state index in [1.165, 1.54) is 17.5 Å². The van der Waals surface area contributed by atoms with E-state index < -0.39 is 0 Å². The van der Waals surface area contributed by atoms with Gasteiger partial charge >= 0.3 is 0 Å². The minimum absolute atomic E-state index is 0.00901. The number of rotatable bonds is 3. The maximum atomic E-state index is 6.38. The number of benzene rings is 1. The normalized spacial score (nSPS) is 20.3. The molecule has 2 heteroatoms. The van der Waals surface area contributed by atoms with Crippen LogP contribution >= 0.6 is 0 Å². The minimum atomic E-state index is -0.122. The lowest BCUT2D eigenvalue weighted by Crippen LogP contribution is -2.48. The number of hydrogen-bond donors (Lipinski definition) is 1. The van der Waals surface area contributed by atoms with Gasteiger partial charge in [-0.3, -0.25) is 0 Å². The lowest BCUT2D eigenvalue weighted by Gasteiger charge is -2.45. The topological polar surface area (TPSA) is 35.2 Å². The molecule has 1 aliphatic rings. The fourth-order valence-electron chi connectivity index (χ4n) is 2.66. The van der Waals surface area contributed by atoms with Crippen molar-refractivity contribution >= 4 is 0 Å². The number of ether oxygens (including phenoxy) is 1. The van der Waals surface area contributed by atoms with E-state index in [1.54, 1.807) is 7.11 Å². The molecule has 0 aromatic heterocycles. The van der Waals surface area contributed by atoms with Gasteiger partial charge in [-0.15, -0.1) is 0 Å². The summed E-state index contributed by atoms with van der Waals surface area (Å²) in [7, 11) is 1.78. The summed E-state index contributed by atoms with van der Waals surface area (Å²) in [6, 6.07) is 8.69. The van der Waals surface area contributed by atoms with Crippen molar-refractivity contribution in [1.82, 2.24) is 0 Å². The summed E-state index contributed by atoms with van der Waals surface area (Å²) in [5, 5.41) is 0. The highest BCUT2D eigenvalue weighted by atomic mass is 16.5. The molecule has 2 N–H and O–H groups in total.